The predicted molar refractivity (Wildman–Crippen MR) is 144 cm³/mol. The molecule has 2 atom stereocenters. The van der Waals surface area contributed by atoms with E-state index in [4.69, 9.17) is 11.5 Å². The van der Waals surface area contributed by atoms with Gasteiger partial charge in [-0.3, -0.25) is 9.59 Å². The number of aromatic amines is 2. The standard InChI is InChI=1S/C28H28N6O2/c29-21(13-17-15-31-23-9-3-1-7-19(17)23)27(35)33-25-11-5-6-12-26(25)34-28(36)22(30)14-18-16-32-24-10-4-2-8-20(18)24/h1-12,15-16,21-22,31-32H,13-14,29-30H2,(H,33,35)(H,34,36). The lowest BCUT2D eigenvalue weighted by molar-refractivity contribution is -0.118. The summed E-state index contributed by atoms with van der Waals surface area (Å²) in [6.45, 7) is 0. The number of aromatic nitrogens is 2. The number of hydrogen-bond donors (Lipinski definition) is 6. The average Bonchev–Trinajstić information content (AvgIpc) is 3.49. The zero-order chi connectivity index (χ0) is 25.1. The summed E-state index contributed by atoms with van der Waals surface area (Å²) in [5.74, 6) is -0.685. The third kappa shape index (κ3) is 4.86. The summed E-state index contributed by atoms with van der Waals surface area (Å²) in [7, 11) is 0. The second-order valence-corrected chi connectivity index (χ2v) is 8.86. The Labute approximate surface area is 208 Å². The SMILES string of the molecule is NC(Cc1c[nH]c2ccccc12)C(=O)Nc1ccccc1NC(=O)C(N)Cc1c[nH]c2ccccc12. The Morgan fingerprint density at radius 1 is 0.639 bits per heavy atom. The van der Waals surface area contributed by atoms with Crippen LogP contribution in [-0.4, -0.2) is 33.9 Å². The highest BCUT2D eigenvalue weighted by atomic mass is 16.2. The maximum Gasteiger partial charge on any atom is 0.241 e. The van der Waals surface area contributed by atoms with Crippen LogP contribution in [0.25, 0.3) is 21.8 Å². The Kier molecular flexibility index (Phi) is 6.53. The van der Waals surface area contributed by atoms with E-state index < -0.39 is 12.1 Å². The van der Waals surface area contributed by atoms with Crippen LogP contribution in [0.5, 0.6) is 0 Å². The van der Waals surface area contributed by atoms with Gasteiger partial charge in [0.25, 0.3) is 0 Å². The molecule has 5 rings (SSSR count). The first-order valence-corrected chi connectivity index (χ1v) is 11.8. The number of anilines is 2. The van der Waals surface area contributed by atoms with Crippen LogP contribution in [0.15, 0.2) is 85.2 Å². The number of benzene rings is 3. The molecule has 8 nitrogen and oxygen atoms in total. The first-order valence-electron chi connectivity index (χ1n) is 11.8. The number of carbonyl (C=O) groups is 2. The van der Waals surface area contributed by atoms with Crippen LogP contribution in [0.4, 0.5) is 11.4 Å². The van der Waals surface area contributed by atoms with Gasteiger partial charge in [-0.15, -0.1) is 0 Å². The van der Waals surface area contributed by atoms with E-state index in [-0.39, 0.29) is 11.8 Å². The molecule has 0 aliphatic carbocycles. The van der Waals surface area contributed by atoms with Gasteiger partial charge in [0.1, 0.15) is 0 Å². The van der Waals surface area contributed by atoms with E-state index >= 15 is 0 Å². The van der Waals surface area contributed by atoms with Crippen molar-refractivity contribution in [3.05, 3.63) is 96.3 Å². The fourth-order valence-electron chi connectivity index (χ4n) is 4.41. The summed E-state index contributed by atoms with van der Waals surface area (Å²) in [5, 5.41) is 7.78. The maximum atomic E-state index is 12.9. The van der Waals surface area contributed by atoms with Crippen LogP contribution in [0.3, 0.4) is 0 Å². The van der Waals surface area contributed by atoms with Crippen molar-refractivity contribution in [3.8, 4) is 0 Å². The Bertz CT molecular complexity index is 1420. The molecule has 36 heavy (non-hydrogen) atoms. The summed E-state index contributed by atoms with van der Waals surface area (Å²) in [6, 6.07) is 21.2. The quantitative estimate of drug-likeness (QED) is 0.201. The number of hydrogen-bond acceptors (Lipinski definition) is 4. The first kappa shape index (κ1) is 23.3. The predicted octanol–water partition coefficient (Wildman–Crippen LogP) is 3.67. The van der Waals surface area contributed by atoms with Gasteiger partial charge in [-0.25, -0.2) is 0 Å². The van der Waals surface area contributed by atoms with Crippen LogP contribution in [-0.2, 0) is 22.4 Å². The van der Waals surface area contributed by atoms with E-state index in [1.165, 1.54) is 0 Å². The molecular formula is C28H28N6O2. The van der Waals surface area contributed by atoms with Gasteiger partial charge in [0.05, 0.1) is 23.5 Å². The summed E-state index contributed by atoms with van der Waals surface area (Å²) >= 11 is 0. The minimum absolute atomic E-state index is 0.343. The topological polar surface area (TPSA) is 142 Å². The largest absolute Gasteiger partial charge is 0.361 e. The normalized spacial score (nSPS) is 12.9. The lowest BCUT2D eigenvalue weighted by Gasteiger charge is -2.17. The molecule has 182 valence electrons. The van der Waals surface area contributed by atoms with E-state index in [0.717, 1.165) is 32.9 Å². The van der Waals surface area contributed by atoms with Gasteiger partial charge in [0, 0.05) is 34.2 Å². The van der Waals surface area contributed by atoms with Crippen molar-refractivity contribution in [1.29, 1.82) is 0 Å². The molecule has 0 spiro atoms. The number of H-pyrrole nitrogens is 2. The van der Waals surface area contributed by atoms with Crippen molar-refractivity contribution in [2.45, 2.75) is 24.9 Å². The van der Waals surface area contributed by atoms with E-state index in [9.17, 15) is 9.59 Å². The molecule has 0 aliphatic heterocycles. The van der Waals surface area contributed by atoms with Crippen LogP contribution in [0.1, 0.15) is 11.1 Å². The smallest absolute Gasteiger partial charge is 0.241 e. The van der Waals surface area contributed by atoms with Crippen molar-refractivity contribution in [3.63, 3.8) is 0 Å². The molecule has 0 fully saturated rings. The first-order chi connectivity index (χ1) is 17.5. The third-order valence-corrected chi connectivity index (χ3v) is 6.35. The molecule has 0 radical (unpaired) electrons. The second kappa shape index (κ2) is 10.1. The molecule has 2 heterocycles. The minimum atomic E-state index is -0.767. The van der Waals surface area contributed by atoms with Crippen molar-refractivity contribution < 1.29 is 9.59 Å². The summed E-state index contributed by atoms with van der Waals surface area (Å²) in [4.78, 5) is 32.2. The molecule has 2 unspecified atom stereocenters. The molecule has 0 saturated heterocycles. The Balaban J connectivity index is 1.24. The molecule has 8 N–H and O–H groups in total. The molecule has 0 bridgehead atoms. The number of fused-ring (bicyclic) bond motifs is 2. The fourth-order valence-corrected chi connectivity index (χ4v) is 4.41. The maximum absolute atomic E-state index is 12.9. The second-order valence-electron chi connectivity index (χ2n) is 8.86. The van der Waals surface area contributed by atoms with E-state index in [0.29, 0.717) is 24.2 Å². The molecule has 2 amide bonds. The van der Waals surface area contributed by atoms with Gasteiger partial charge < -0.3 is 32.1 Å². The number of carbonyl (C=O) groups excluding carboxylic acids is 2. The van der Waals surface area contributed by atoms with Crippen LogP contribution in [0, 0.1) is 0 Å². The molecule has 0 saturated carbocycles. The van der Waals surface area contributed by atoms with Gasteiger partial charge in [-0.2, -0.15) is 0 Å². The van der Waals surface area contributed by atoms with E-state index in [1.54, 1.807) is 24.3 Å². The molecule has 2 aromatic heterocycles. The van der Waals surface area contributed by atoms with E-state index in [2.05, 4.69) is 20.6 Å². The highest BCUT2D eigenvalue weighted by Gasteiger charge is 2.20. The van der Waals surface area contributed by atoms with Crippen molar-refractivity contribution in [2.75, 3.05) is 10.6 Å². The van der Waals surface area contributed by atoms with Crippen LogP contribution >= 0.6 is 0 Å². The lowest BCUT2D eigenvalue weighted by atomic mass is 10.0. The minimum Gasteiger partial charge on any atom is -0.361 e. The molecule has 5 aromatic rings. The highest BCUT2D eigenvalue weighted by molar-refractivity contribution is 6.03. The monoisotopic (exact) mass is 480 g/mol. The number of para-hydroxylation sites is 4. The van der Waals surface area contributed by atoms with Crippen molar-refractivity contribution >= 4 is 45.0 Å². The van der Waals surface area contributed by atoms with Gasteiger partial charge in [-0.1, -0.05) is 48.5 Å². The van der Waals surface area contributed by atoms with Crippen molar-refractivity contribution in [2.24, 2.45) is 11.5 Å². The fraction of sp³-hybridized carbons (Fsp3) is 0.143. The zero-order valence-electron chi connectivity index (χ0n) is 19.6. The molecular weight excluding hydrogens is 452 g/mol. The lowest BCUT2D eigenvalue weighted by Crippen LogP contribution is -2.39. The van der Waals surface area contributed by atoms with Crippen LogP contribution in [0.2, 0.25) is 0 Å². The van der Waals surface area contributed by atoms with Gasteiger partial charge in [-0.05, 0) is 48.2 Å². The number of rotatable bonds is 8. The summed E-state index contributed by atoms with van der Waals surface area (Å²) in [5.41, 5.74) is 17.3. The Morgan fingerprint density at radius 3 is 1.47 bits per heavy atom. The van der Waals surface area contributed by atoms with Crippen molar-refractivity contribution in [1.82, 2.24) is 9.97 Å². The summed E-state index contributed by atoms with van der Waals surface area (Å²) < 4.78 is 0. The summed E-state index contributed by atoms with van der Waals surface area (Å²) in [6.07, 6.45) is 4.50. The highest BCUT2D eigenvalue weighted by Crippen LogP contribution is 2.24. The number of nitrogens with one attached hydrogen (secondary N) is 4. The number of amides is 2. The van der Waals surface area contributed by atoms with Gasteiger partial charge in [0.15, 0.2) is 0 Å². The molecule has 3 aromatic carbocycles. The molecule has 8 heteroatoms. The average molecular weight is 481 g/mol. The number of nitrogens with two attached hydrogens (primary N) is 2. The Morgan fingerprint density at radius 2 is 1.03 bits per heavy atom. The third-order valence-electron chi connectivity index (χ3n) is 6.35. The Hall–Kier alpha value is -4.40. The van der Waals surface area contributed by atoms with Gasteiger partial charge in [0.2, 0.25) is 11.8 Å². The zero-order valence-corrected chi connectivity index (χ0v) is 19.6. The molecule has 0 aliphatic rings. The van der Waals surface area contributed by atoms with E-state index in [1.807, 2.05) is 60.9 Å². The van der Waals surface area contributed by atoms with Crippen LogP contribution < -0.4 is 22.1 Å². The van der Waals surface area contributed by atoms with Gasteiger partial charge >= 0.3 is 0 Å².